The van der Waals surface area contributed by atoms with Crippen molar-refractivity contribution in [2.24, 2.45) is 17.6 Å². The molecule has 0 aromatic heterocycles. The molecule has 7 heteroatoms. The van der Waals surface area contributed by atoms with E-state index in [0.717, 1.165) is 68.9 Å². The van der Waals surface area contributed by atoms with E-state index in [1.54, 1.807) is 4.90 Å². The molecule has 186 valence electrons. The number of nitrogens with two attached hydrogens (primary N) is 1. The summed E-state index contributed by atoms with van der Waals surface area (Å²) in [4.78, 5) is 28.1. The highest BCUT2D eigenvalue weighted by Crippen LogP contribution is 2.43. The lowest BCUT2D eigenvalue weighted by atomic mass is 9.75. The van der Waals surface area contributed by atoms with Crippen LogP contribution >= 0.6 is 15.9 Å². The van der Waals surface area contributed by atoms with Crippen LogP contribution in [-0.4, -0.2) is 53.0 Å². The van der Waals surface area contributed by atoms with E-state index in [2.05, 4.69) is 33.8 Å². The van der Waals surface area contributed by atoms with Gasteiger partial charge in [0.15, 0.2) is 0 Å². The van der Waals surface area contributed by atoms with Crippen molar-refractivity contribution < 1.29 is 14.7 Å². The number of rotatable bonds is 4. The lowest BCUT2D eigenvalue weighted by Crippen LogP contribution is -2.44. The number of nitrogens with zero attached hydrogens (tertiary/aromatic N) is 2. The second kappa shape index (κ2) is 11.1. The molecule has 0 radical (unpaired) electrons. The Morgan fingerprint density at radius 1 is 1.06 bits per heavy atom. The summed E-state index contributed by atoms with van der Waals surface area (Å²) in [6, 6.07) is 3.42. The fourth-order valence-electron chi connectivity index (χ4n) is 6.07. The summed E-state index contributed by atoms with van der Waals surface area (Å²) >= 11 is 3.76. The number of aromatic hydroxyl groups is 1. The third kappa shape index (κ3) is 5.78. The summed E-state index contributed by atoms with van der Waals surface area (Å²) in [5, 5.41) is 10.2. The lowest BCUT2D eigenvalue weighted by Gasteiger charge is -2.38. The highest BCUT2D eigenvalue weighted by Gasteiger charge is 2.33. The predicted octanol–water partition coefficient (Wildman–Crippen LogP) is 5.33. The molecule has 0 saturated carbocycles. The van der Waals surface area contributed by atoms with Gasteiger partial charge in [0.2, 0.25) is 5.91 Å². The molecular formula is C27H38BrN3O3. The van der Waals surface area contributed by atoms with Gasteiger partial charge in [-0.15, -0.1) is 0 Å². The standard InChI is InChI=1S/C27H38BrN3O3/c1-2-18-4-3-5-21-16-22(32)17-24(28)26(21)23(14-18)20-8-12-30(13-9-20)25(33)15-19-6-10-31(11-7-19)27(29)34/h14,16-17,19-20,23,32H,2-13,15H2,1H3,(H2,29,34)/b18-14-. The topological polar surface area (TPSA) is 86.9 Å². The van der Waals surface area contributed by atoms with Gasteiger partial charge in [0, 0.05) is 43.0 Å². The van der Waals surface area contributed by atoms with Gasteiger partial charge in [0.25, 0.3) is 0 Å². The molecule has 3 N–H and O–H groups in total. The zero-order valence-corrected chi connectivity index (χ0v) is 21.9. The van der Waals surface area contributed by atoms with E-state index < -0.39 is 0 Å². The highest BCUT2D eigenvalue weighted by atomic mass is 79.9. The number of likely N-dealkylation sites (tertiary alicyclic amines) is 2. The van der Waals surface area contributed by atoms with Crippen molar-refractivity contribution in [1.29, 1.82) is 0 Å². The van der Waals surface area contributed by atoms with Crippen LogP contribution in [0.4, 0.5) is 4.79 Å². The fourth-order valence-corrected chi connectivity index (χ4v) is 6.83. The van der Waals surface area contributed by atoms with Crippen molar-refractivity contribution in [3.8, 4) is 5.75 Å². The maximum atomic E-state index is 13.0. The minimum absolute atomic E-state index is 0.255. The molecule has 1 aliphatic carbocycles. The van der Waals surface area contributed by atoms with Crippen LogP contribution < -0.4 is 5.73 Å². The molecule has 4 rings (SSSR count). The van der Waals surface area contributed by atoms with Gasteiger partial charge in [0.05, 0.1) is 0 Å². The smallest absolute Gasteiger partial charge is 0.314 e. The summed E-state index contributed by atoms with van der Waals surface area (Å²) in [6.07, 6.45) is 11.1. The average molecular weight is 533 g/mol. The number of urea groups is 1. The Kier molecular flexibility index (Phi) is 8.22. The van der Waals surface area contributed by atoms with E-state index in [-0.39, 0.29) is 11.9 Å². The van der Waals surface area contributed by atoms with Crippen molar-refractivity contribution in [2.75, 3.05) is 26.2 Å². The number of phenolic OH excluding ortho intramolecular Hbond substituents is 1. The molecular weight excluding hydrogens is 494 g/mol. The molecule has 2 heterocycles. The zero-order chi connectivity index (χ0) is 24.2. The van der Waals surface area contributed by atoms with Gasteiger partial charge in [0.1, 0.15) is 5.75 Å². The molecule has 3 aliphatic rings. The van der Waals surface area contributed by atoms with E-state index in [0.29, 0.717) is 43.0 Å². The van der Waals surface area contributed by atoms with Crippen LogP contribution in [0.15, 0.2) is 28.3 Å². The predicted molar refractivity (Wildman–Crippen MR) is 138 cm³/mol. The molecule has 2 aliphatic heterocycles. The van der Waals surface area contributed by atoms with Gasteiger partial charge in [-0.3, -0.25) is 4.79 Å². The minimum atomic E-state index is -0.357. The van der Waals surface area contributed by atoms with Crippen molar-refractivity contribution in [3.63, 3.8) is 0 Å². The molecule has 2 saturated heterocycles. The number of piperidine rings is 2. The number of aryl methyl sites for hydroxylation is 1. The number of benzene rings is 1. The Labute approximate surface area is 211 Å². The normalized spacial score (nSPS) is 24.1. The van der Waals surface area contributed by atoms with E-state index in [9.17, 15) is 14.7 Å². The Bertz CT molecular complexity index is 931. The fraction of sp³-hybridized carbons (Fsp3) is 0.630. The quantitative estimate of drug-likeness (QED) is 0.514. The Hall–Kier alpha value is -2.02. The lowest BCUT2D eigenvalue weighted by molar-refractivity contribution is -0.134. The number of amides is 3. The molecule has 1 atom stereocenters. The summed E-state index contributed by atoms with van der Waals surface area (Å²) in [6.45, 7) is 5.17. The Balaban J connectivity index is 1.41. The number of hydrogen-bond acceptors (Lipinski definition) is 3. The number of fused-ring (bicyclic) bond motifs is 1. The molecule has 2 fully saturated rings. The number of carbonyl (C=O) groups excluding carboxylic acids is 2. The first kappa shape index (κ1) is 25.1. The van der Waals surface area contributed by atoms with Gasteiger partial charge < -0.3 is 20.6 Å². The maximum Gasteiger partial charge on any atom is 0.314 e. The average Bonchev–Trinajstić information content (AvgIpc) is 2.80. The van der Waals surface area contributed by atoms with Crippen LogP contribution in [0.3, 0.4) is 0 Å². The van der Waals surface area contributed by atoms with Gasteiger partial charge in [-0.05, 0) is 86.5 Å². The molecule has 0 spiro atoms. The maximum absolute atomic E-state index is 13.0. The van der Waals surface area contributed by atoms with Crippen LogP contribution in [0.25, 0.3) is 0 Å². The SMILES string of the molecule is CC/C1=C/C(C2CCN(C(=O)CC3CCN(C(N)=O)CC3)CC2)c2c(Br)cc(O)cc2CCC1. The minimum Gasteiger partial charge on any atom is -0.508 e. The molecule has 1 aromatic carbocycles. The highest BCUT2D eigenvalue weighted by molar-refractivity contribution is 9.10. The number of primary amides is 1. The number of hydrogen-bond donors (Lipinski definition) is 2. The summed E-state index contributed by atoms with van der Waals surface area (Å²) < 4.78 is 1.00. The molecule has 3 amide bonds. The van der Waals surface area contributed by atoms with Crippen molar-refractivity contribution in [2.45, 2.75) is 70.6 Å². The molecule has 6 nitrogen and oxygen atoms in total. The second-order valence-corrected chi connectivity index (χ2v) is 11.1. The number of phenols is 1. The van der Waals surface area contributed by atoms with Gasteiger partial charge in [-0.1, -0.05) is 34.5 Å². The van der Waals surface area contributed by atoms with Crippen LogP contribution in [0.2, 0.25) is 0 Å². The number of halogens is 1. The molecule has 0 bridgehead atoms. The monoisotopic (exact) mass is 531 g/mol. The van der Waals surface area contributed by atoms with Crippen LogP contribution in [-0.2, 0) is 11.2 Å². The number of allylic oxidation sites excluding steroid dienone is 2. The van der Waals surface area contributed by atoms with E-state index in [1.165, 1.54) is 16.7 Å². The third-order valence-electron chi connectivity index (χ3n) is 8.14. The van der Waals surface area contributed by atoms with E-state index in [4.69, 9.17) is 5.73 Å². The summed E-state index contributed by atoms with van der Waals surface area (Å²) in [7, 11) is 0. The summed E-state index contributed by atoms with van der Waals surface area (Å²) in [5.74, 6) is 1.73. The zero-order valence-electron chi connectivity index (χ0n) is 20.3. The third-order valence-corrected chi connectivity index (χ3v) is 8.79. The molecule has 1 unspecified atom stereocenters. The van der Waals surface area contributed by atoms with Crippen molar-refractivity contribution >= 4 is 27.9 Å². The number of carbonyl (C=O) groups is 2. The molecule has 1 aromatic rings. The summed E-state index contributed by atoms with van der Waals surface area (Å²) in [5.41, 5.74) is 9.49. The van der Waals surface area contributed by atoms with Crippen LogP contribution in [0.1, 0.15) is 75.3 Å². The Morgan fingerprint density at radius 2 is 1.74 bits per heavy atom. The largest absolute Gasteiger partial charge is 0.508 e. The first-order valence-electron chi connectivity index (χ1n) is 12.9. The first-order chi connectivity index (χ1) is 16.4. The Morgan fingerprint density at radius 3 is 2.38 bits per heavy atom. The van der Waals surface area contributed by atoms with Crippen molar-refractivity contribution in [1.82, 2.24) is 9.80 Å². The van der Waals surface area contributed by atoms with Crippen molar-refractivity contribution in [3.05, 3.63) is 39.4 Å². The van der Waals surface area contributed by atoms with E-state index in [1.807, 2.05) is 12.1 Å². The van der Waals surface area contributed by atoms with E-state index >= 15 is 0 Å². The molecule has 34 heavy (non-hydrogen) atoms. The van der Waals surface area contributed by atoms with Gasteiger partial charge >= 0.3 is 6.03 Å². The van der Waals surface area contributed by atoms with Gasteiger partial charge in [-0.25, -0.2) is 4.79 Å². The second-order valence-electron chi connectivity index (χ2n) is 10.2. The first-order valence-corrected chi connectivity index (χ1v) is 13.7. The van der Waals surface area contributed by atoms with Crippen LogP contribution in [0, 0.1) is 11.8 Å². The van der Waals surface area contributed by atoms with Crippen LogP contribution in [0.5, 0.6) is 5.75 Å². The van der Waals surface area contributed by atoms with Gasteiger partial charge in [-0.2, -0.15) is 0 Å².